The van der Waals surface area contributed by atoms with Crippen molar-refractivity contribution in [3.8, 4) is 11.5 Å². The van der Waals surface area contributed by atoms with Gasteiger partial charge in [-0.2, -0.15) is 18.2 Å². The summed E-state index contributed by atoms with van der Waals surface area (Å²) in [5.74, 6) is -1.71. The fourth-order valence-corrected chi connectivity index (χ4v) is 3.54. The Bertz CT molecular complexity index is 1400. The lowest BCUT2D eigenvalue weighted by atomic mass is 10.1. The molecule has 0 aliphatic heterocycles. The molecule has 0 radical (unpaired) electrons. The Balaban J connectivity index is 1.77. The molecule has 1 aromatic heterocycles. The van der Waals surface area contributed by atoms with Crippen LogP contribution in [-0.2, 0) is 12.7 Å². The maximum Gasteiger partial charge on any atom is 0.573 e. The molecule has 12 heteroatoms. The maximum atomic E-state index is 14.3. The molecule has 6 nitrogen and oxygen atoms in total. The second-order valence-corrected chi connectivity index (χ2v) is 7.75. The van der Waals surface area contributed by atoms with Crippen LogP contribution in [-0.4, -0.2) is 17.3 Å². The monoisotopic (exact) mass is 521 g/mol. The Kier molecular flexibility index (Phi) is 6.84. The van der Waals surface area contributed by atoms with Gasteiger partial charge in [0.05, 0.1) is 6.54 Å². The number of pyridine rings is 1. The number of amides is 1. The highest BCUT2D eigenvalue weighted by Gasteiger charge is 2.39. The molecule has 0 saturated carbocycles. The van der Waals surface area contributed by atoms with Gasteiger partial charge in [-0.15, -0.1) is 13.2 Å². The number of halogens is 6. The number of nitrogens with zero attached hydrogens (tertiary/aromatic N) is 2. The van der Waals surface area contributed by atoms with Crippen LogP contribution in [0, 0.1) is 0 Å². The molecular weight excluding hydrogens is 504 g/mol. The summed E-state index contributed by atoms with van der Waals surface area (Å²) in [6.07, 6.45) is -8.47. The molecule has 4 aromatic rings. The van der Waals surface area contributed by atoms with Crippen molar-refractivity contribution in [2.75, 3.05) is 5.06 Å². The van der Waals surface area contributed by atoms with Crippen LogP contribution in [0.15, 0.2) is 79.0 Å². The Hall–Kier alpha value is -4.48. The van der Waals surface area contributed by atoms with Gasteiger partial charge < -0.3 is 15.3 Å². The molecule has 0 fully saturated rings. The van der Waals surface area contributed by atoms with Crippen LogP contribution in [0.25, 0.3) is 10.8 Å². The van der Waals surface area contributed by atoms with Crippen molar-refractivity contribution in [2.24, 2.45) is 5.73 Å². The number of carbonyl (C=O) groups excluding carboxylic acids is 1. The number of primary amides is 1. The summed E-state index contributed by atoms with van der Waals surface area (Å²) in [6.45, 7) is -0.335. The number of benzene rings is 3. The van der Waals surface area contributed by atoms with Crippen LogP contribution in [0.5, 0.6) is 11.5 Å². The van der Waals surface area contributed by atoms with E-state index in [0.717, 1.165) is 17.2 Å². The van der Waals surface area contributed by atoms with E-state index >= 15 is 0 Å². The van der Waals surface area contributed by atoms with Crippen LogP contribution in [0.4, 0.5) is 32.2 Å². The van der Waals surface area contributed by atoms with Crippen LogP contribution >= 0.6 is 0 Å². The Morgan fingerprint density at radius 2 is 1.49 bits per heavy atom. The smallest absolute Gasteiger partial charge is 0.406 e. The molecule has 0 atom stereocenters. The average molecular weight is 521 g/mol. The van der Waals surface area contributed by atoms with Crippen molar-refractivity contribution in [3.05, 3.63) is 95.7 Å². The molecule has 1 heterocycles. The van der Waals surface area contributed by atoms with Gasteiger partial charge in [0.2, 0.25) is 5.91 Å². The molecule has 0 bridgehead atoms. The van der Waals surface area contributed by atoms with Crippen LogP contribution in [0.2, 0.25) is 0 Å². The van der Waals surface area contributed by atoms with Crippen molar-refractivity contribution in [3.63, 3.8) is 0 Å². The van der Waals surface area contributed by atoms with Gasteiger partial charge >= 0.3 is 12.5 Å². The Morgan fingerprint density at radius 3 is 2.08 bits per heavy atom. The van der Waals surface area contributed by atoms with E-state index in [1.54, 1.807) is 6.07 Å². The van der Waals surface area contributed by atoms with Gasteiger partial charge in [0, 0.05) is 17.1 Å². The first kappa shape index (κ1) is 25.6. The van der Waals surface area contributed by atoms with E-state index < -0.39 is 35.6 Å². The lowest BCUT2D eigenvalue weighted by molar-refractivity contribution is -0.274. The largest absolute Gasteiger partial charge is 0.573 e. The average Bonchev–Trinajstić information content (AvgIpc) is 2.83. The number of ether oxygens (including phenoxy) is 1. The van der Waals surface area contributed by atoms with Crippen molar-refractivity contribution >= 4 is 22.5 Å². The molecule has 0 aliphatic carbocycles. The number of hydrogen-bond acceptors (Lipinski definition) is 5. The van der Waals surface area contributed by atoms with Crippen molar-refractivity contribution in [2.45, 2.75) is 19.1 Å². The van der Waals surface area contributed by atoms with Gasteiger partial charge in [-0.05, 0) is 47.3 Å². The molecule has 37 heavy (non-hydrogen) atoms. The number of hydrogen-bond donors (Lipinski definition) is 1. The molecule has 1 amide bonds. The molecule has 192 valence electrons. The van der Waals surface area contributed by atoms with E-state index in [4.69, 9.17) is 10.6 Å². The number of carbonyl (C=O) groups is 1. The standard InChI is InChI=1S/C25H17F6N3O3/c26-24(27,28)21-20-4-2-1-3-17(20)13-33-23(21)34(37-19-11-7-16(8-12-19)22(32)35)14-15-5-9-18(10-6-15)36-25(29,30)31/h1-13H,14H2,(H2,32,35). The number of nitrogens with two attached hydrogens (primary N) is 1. The number of hydroxylamine groups is 1. The highest BCUT2D eigenvalue weighted by molar-refractivity contribution is 5.92. The number of anilines is 1. The predicted octanol–water partition coefficient (Wildman–Crippen LogP) is 6.25. The van der Waals surface area contributed by atoms with Crippen molar-refractivity contribution < 1.29 is 40.7 Å². The number of aromatic nitrogens is 1. The highest BCUT2D eigenvalue weighted by atomic mass is 19.4. The normalized spacial score (nSPS) is 11.8. The first-order valence-corrected chi connectivity index (χ1v) is 10.6. The molecule has 0 saturated heterocycles. The maximum absolute atomic E-state index is 14.3. The van der Waals surface area contributed by atoms with E-state index in [0.29, 0.717) is 5.56 Å². The SMILES string of the molecule is NC(=O)c1ccc(ON(Cc2ccc(OC(F)(F)F)cc2)c2ncc3ccccc3c2C(F)(F)F)cc1. The molecule has 0 spiro atoms. The van der Waals surface area contributed by atoms with Gasteiger partial charge in [0.25, 0.3) is 0 Å². The molecule has 0 unspecified atom stereocenters. The van der Waals surface area contributed by atoms with Crippen LogP contribution in [0.3, 0.4) is 0 Å². The van der Waals surface area contributed by atoms with E-state index in [-0.39, 0.29) is 28.6 Å². The van der Waals surface area contributed by atoms with E-state index in [1.165, 1.54) is 60.8 Å². The fraction of sp³-hybridized carbons (Fsp3) is 0.120. The van der Waals surface area contributed by atoms with Crippen LogP contribution < -0.4 is 20.4 Å². The summed E-state index contributed by atoms with van der Waals surface area (Å²) in [4.78, 5) is 21.1. The van der Waals surface area contributed by atoms with Gasteiger partial charge in [-0.1, -0.05) is 36.4 Å². The van der Waals surface area contributed by atoms with Crippen LogP contribution in [0.1, 0.15) is 21.5 Å². The Morgan fingerprint density at radius 1 is 0.865 bits per heavy atom. The minimum Gasteiger partial charge on any atom is -0.406 e. The third-order valence-corrected chi connectivity index (χ3v) is 5.14. The zero-order valence-electron chi connectivity index (χ0n) is 18.7. The third-order valence-electron chi connectivity index (χ3n) is 5.14. The first-order valence-electron chi connectivity index (χ1n) is 10.6. The lowest BCUT2D eigenvalue weighted by Crippen LogP contribution is -2.30. The quantitative estimate of drug-likeness (QED) is 0.230. The summed E-state index contributed by atoms with van der Waals surface area (Å²) in [5.41, 5.74) is 4.61. The predicted molar refractivity (Wildman–Crippen MR) is 122 cm³/mol. The van der Waals surface area contributed by atoms with E-state index in [2.05, 4.69) is 9.72 Å². The summed E-state index contributed by atoms with van der Waals surface area (Å²) in [5, 5.41) is 0.998. The zero-order valence-corrected chi connectivity index (χ0v) is 18.7. The number of alkyl halides is 6. The highest BCUT2D eigenvalue weighted by Crippen LogP contribution is 2.41. The van der Waals surface area contributed by atoms with Gasteiger partial charge in [0.15, 0.2) is 11.6 Å². The number of fused-ring (bicyclic) bond motifs is 1. The molecule has 4 rings (SSSR count). The zero-order chi connectivity index (χ0) is 26.8. The molecule has 2 N–H and O–H groups in total. The summed E-state index contributed by atoms with van der Waals surface area (Å²) < 4.78 is 84.1. The van der Waals surface area contributed by atoms with Gasteiger partial charge in [0.1, 0.15) is 11.3 Å². The molecule has 3 aromatic carbocycles. The minimum absolute atomic E-state index is 0.0603. The minimum atomic E-state index is -4.90. The number of rotatable bonds is 7. The van der Waals surface area contributed by atoms with Crippen molar-refractivity contribution in [1.29, 1.82) is 0 Å². The fourth-order valence-electron chi connectivity index (χ4n) is 3.54. The van der Waals surface area contributed by atoms with E-state index in [1.807, 2.05) is 0 Å². The molecule has 0 aliphatic rings. The van der Waals surface area contributed by atoms with Gasteiger partial charge in [-0.3, -0.25) is 4.79 Å². The third kappa shape index (κ3) is 6.21. The lowest BCUT2D eigenvalue weighted by Gasteiger charge is -2.27. The topological polar surface area (TPSA) is 77.7 Å². The molecular formula is C25H17F6N3O3. The Labute approximate surface area is 205 Å². The summed E-state index contributed by atoms with van der Waals surface area (Å²) in [7, 11) is 0. The first-order chi connectivity index (χ1) is 17.4. The van der Waals surface area contributed by atoms with Crippen molar-refractivity contribution in [1.82, 2.24) is 4.98 Å². The van der Waals surface area contributed by atoms with Gasteiger partial charge in [-0.25, -0.2) is 4.98 Å². The second-order valence-electron chi connectivity index (χ2n) is 7.75. The summed E-state index contributed by atoms with van der Waals surface area (Å²) in [6, 6.07) is 15.7. The van der Waals surface area contributed by atoms with E-state index in [9.17, 15) is 31.1 Å². The second kappa shape index (κ2) is 9.88. The summed E-state index contributed by atoms with van der Waals surface area (Å²) >= 11 is 0.